The van der Waals surface area contributed by atoms with Crippen LogP contribution in [0, 0.1) is 6.92 Å². The highest BCUT2D eigenvalue weighted by Crippen LogP contribution is 2.17. The number of nitrogens with zero attached hydrogens (tertiary/aromatic N) is 3. The molecule has 1 aromatic heterocycles. The monoisotopic (exact) mass is 340 g/mol. The molecule has 2 aromatic rings. The standard InChI is InChI=1S/C19H24N4O2/c1-5-6-11-23(4)19(25)17-12-18(21-14(3)20-17)22-16-9-7-15(8-10-16)13(2)24/h7-10,12H,5-6,11H2,1-4H3,(H,20,21,22). The minimum absolute atomic E-state index is 0.0208. The van der Waals surface area contributed by atoms with Gasteiger partial charge in [0, 0.05) is 30.9 Å². The lowest BCUT2D eigenvalue weighted by Gasteiger charge is -2.17. The van der Waals surface area contributed by atoms with E-state index in [2.05, 4.69) is 22.2 Å². The van der Waals surface area contributed by atoms with E-state index < -0.39 is 0 Å². The van der Waals surface area contributed by atoms with Crippen LogP contribution in [0.2, 0.25) is 0 Å². The van der Waals surface area contributed by atoms with E-state index in [1.807, 2.05) is 12.1 Å². The Balaban J connectivity index is 2.18. The van der Waals surface area contributed by atoms with Gasteiger partial charge in [-0.15, -0.1) is 0 Å². The van der Waals surface area contributed by atoms with E-state index in [4.69, 9.17) is 0 Å². The molecule has 1 aromatic carbocycles. The van der Waals surface area contributed by atoms with E-state index in [0.717, 1.165) is 18.5 Å². The Morgan fingerprint density at radius 2 is 1.84 bits per heavy atom. The molecule has 0 aliphatic rings. The maximum absolute atomic E-state index is 12.5. The second-order valence-corrected chi connectivity index (χ2v) is 6.02. The number of aryl methyl sites for hydroxylation is 1. The topological polar surface area (TPSA) is 75.2 Å². The number of aromatic nitrogens is 2. The van der Waals surface area contributed by atoms with Gasteiger partial charge in [0.15, 0.2) is 5.78 Å². The molecule has 0 aliphatic heterocycles. The Bertz CT molecular complexity index is 757. The van der Waals surface area contributed by atoms with Crippen molar-refractivity contribution in [1.29, 1.82) is 0 Å². The second kappa shape index (κ2) is 8.37. The van der Waals surface area contributed by atoms with E-state index >= 15 is 0 Å². The van der Waals surface area contributed by atoms with E-state index in [9.17, 15) is 9.59 Å². The Morgan fingerprint density at radius 3 is 2.44 bits per heavy atom. The lowest BCUT2D eigenvalue weighted by Crippen LogP contribution is -2.28. The summed E-state index contributed by atoms with van der Waals surface area (Å²) in [5.41, 5.74) is 1.81. The maximum atomic E-state index is 12.5. The molecule has 1 N–H and O–H groups in total. The van der Waals surface area contributed by atoms with Gasteiger partial charge in [-0.1, -0.05) is 13.3 Å². The summed E-state index contributed by atoms with van der Waals surface area (Å²) in [7, 11) is 1.78. The van der Waals surface area contributed by atoms with Crippen LogP contribution in [0.5, 0.6) is 0 Å². The average molecular weight is 340 g/mol. The fourth-order valence-corrected chi connectivity index (χ4v) is 2.37. The first-order chi connectivity index (χ1) is 11.9. The molecule has 0 unspecified atom stereocenters. The molecular formula is C19H24N4O2. The van der Waals surface area contributed by atoms with E-state index in [1.165, 1.54) is 6.92 Å². The van der Waals surface area contributed by atoms with Gasteiger partial charge in [0.1, 0.15) is 17.3 Å². The lowest BCUT2D eigenvalue weighted by molar-refractivity contribution is 0.0787. The number of carbonyl (C=O) groups excluding carboxylic acids is 2. The molecule has 0 spiro atoms. The summed E-state index contributed by atoms with van der Waals surface area (Å²) in [4.78, 5) is 34.1. The maximum Gasteiger partial charge on any atom is 0.272 e. The summed E-state index contributed by atoms with van der Waals surface area (Å²) in [6, 6.07) is 8.77. The van der Waals surface area contributed by atoms with Crippen molar-refractivity contribution in [2.24, 2.45) is 0 Å². The number of hydrogen-bond acceptors (Lipinski definition) is 5. The molecule has 132 valence electrons. The van der Waals surface area contributed by atoms with Crippen molar-refractivity contribution < 1.29 is 9.59 Å². The number of benzene rings is 1. The molecule has 0 atom stereocenters. The van der Waals surface area contributed by atoms with Gasteiger partial charge in [-0.25, -0.2) is 9.97 Å². The Kier molecular flexibility index (Phi) is 6.22. The highest BCUT2D eigenvalue weighted by atomic mass is 16.2. The normalized spacial score (nSPS) is 10.4. The molecule has 0 saturated heterocycles. The van der Waals surface area contributed by atoms with Gasteiger partial charge < -0.3 is 10.2 Å². The van der Waals surface area contributed by atoms with Crippen LogP contribution < -0.4 is 5.32 Å². The highest BCUT2D eigenvalue weighted by molar-refractivity contribution is 5.94. The molecule has 0 radical (unpaired) electrons. The molecule has 6 nitrogen and oxygen atoms in total. The molecule has 6 heteroatoms. The fourth-order valence-electron chi connectivity index (χ4n) is 2.37. The van der Waals surface area contributed by atoms with E-state index in [0.29, 0.717) is 29.4 Å². The van der Waals surface area contributed by atoms with Crippen LogP contribution in [-0.2, 0) is 0 Å². The first kappa shape index (κ1) is 18.6. The summed E-state index contributed by atoms with van der Waals surface area (Å²) >= 11 is 0. The Morgan fingerprint density at radius 1 is 1.16 bits per heavy atom. The van der Waals surface area contributed by atoms with Gasteiger partial charge >= 0.3 is 0 Å². The quantitative estimate of drug-likeness (QED) is 0.779. The second-order valence-electron chi connectivity index (χ2n) is 6.02. The van der Waals surface area contributed by atoms with Crippen LogP contribution in [0.15, 0.2) is 30.3 Å². The van der Waals surface area contributed by atoms with Crippen LogP contribution in [0.1, 0.15) is 53.4 Å². The summed E-state index contributed by atoms with van der Waals surface area (Å²) in [6.07, 6.45) is 1.99. The third-order valence-corrected chi connectivity index (χ3v) is 3.81. The molecule has 0 saturated carbocycles. The number of unbranched alkanes of at least 4 members (excludes halogenated alkanes) is 1. The van der Waals surface area contributed by atoms with E-state index in [1.54, 1.807) is 37.1 Å². The Labute approximate surface area is 148 Å². The number of rotatable bonds is 7. The SMILES string of the molecule is CCCCN(C)C(=O)c1cc(Nc2ccc(C(C)=O)cc2)nc(C)n1. The number of ketones is 1. The number of anilines is 2. The highest BCUT2D eigenvalue weighted by Gasteiger charge is 2.15. The minimum Gasteiger partial charge on any atom is -0.340 e. The lowest BCUT2D eigenvalue weighted by atomic mass is 10.1. The summed E-state index contributed by atoms with van der Waals surface area (Å²) in [5, 5.41) is 3.16. The first-order valence-electron chi connectivity index (χ1n) is 8.40. The van der Waals surface area contributed by atoms with Crippen LogP contribution in [-0.4, -0.2) is 40.2 Å². The van der Waals surface area contributed by atoms with Gasteiger partial charge in [-0.2, -0.15) is 0 Å². The molecular weight excluding hydrogens is 316 g/mol. The molecule has 1 amide bonds. The van der Waals surface area contributed by atoms with Gasteiger partial charge in [-0.05, 0) is 44.5 Å². The number of carbonyl (C=O) groups is 2. The van der Waals surface area contributed by atoms with E-state index in [-0.39, 0.29) is 11.7 Å². The first-order valence-corrected chi connectivity index (χ1v) is 8.40. The van der Waals surface area contributed by atoms with Crippen LogP contribution in [0.3, 0.4) is 0 Å². The number of amides is 1. The predicted molar refractivity (Wildman–Crippen MR) is 98.4 cm³/mol. The van der Waals surface area contributed by atoms with Crippen molar-refractivity contribution >= 4 is 23.2 Å². The van der Waals surface area contributed by atoms with Crippen molar-refractivity contribution in [1.82, 2.24) is 14.9 Å². The van der Waals surface area contributed by atoms with Crippen molar-refractivity contribution in [3.63, 3.8) is 0 Å². The predicted octanol–water partition coefficient (Wildman–Crippen LogP) is 3.60. The third-order valence-electron chi connectivity index (χ3n) is 3.81. The summed E-state index contributed by atoms with van der Waals surface area (Å²) < 4.78 is 0. The number of nitrogens with one attached hydrogen (secondary N) is 1. The van der Waals surface area contributed by atoms with Crippen molar-refractivity contribution in [2.45, 2.75) is 33.6 Å². The molecule has 2 rings (SSSR count). The smallest absolute Gasteiger partial charge is 0.272 e. The van der Waals surface area contributed by atoms with Gasteiger partial charge in [-0.3, -0.25) is 9.59 Å². The summed E-state index contributed by atoms with van der Waals surface area (Å²) in [5.74, 6) is 0.981. The average Bonchev–Trinajstić information content (AvgIpc) is 2.59. The molecule has 1 heterocycles. The molecule has 0 bridgehead atoms. The largest absolute Gasteiger partial charge is 0.340 e. The fraction of sp³-hybridized carbons (Fsp3) is 0.368. The zero-order valence-electron chi connectivity index (χ0n) is 15.2. The van der Waals surface area contributed by atoms with Crippen LogP contribution in [0.4, 0.5) is 11.5 Å². The zero-order valence-corrected chi connectivity index (χ0v) is 15.2. The molecule has 0 aliphatic carbocycles. The van der Waals surface area contributed by atoms with Crippen molar-refractivity contribution in [3.05, 3.63) is 47.4 Å². The van der Waals surface area contributed by atoms with Crippen LogP contribution in [0.25, 0.3) is 0 Å². The number of hydrogen-bond donors (Lipinski definition) is 1. The third kappa shape index (κ3) is 5.11. The Hall–Kier alpha value is -2.76. The van der Waals surface area contributed by atoms with Crippen LogP contribution >= 0.6 is 0 Å². The molecule has 25 heavy (non-hydrogen) atoms. The van der Waals surface area contributed by atoms with Crippen molar-refractivity contribution in [3.8, 4) is 0 Å². The van der Waals surface area contributed by atoms with Gasteiger partial charge in [0.2, 0.25) is 0 Å². The minimum atomic E-state index is -0.117. The number of Topliss-reactive ketones (excluding diaryl/α,β-unsaturated/α-hetero) is 1. The molecule has 0 fully saturated rings. The zero-order chi connectivity index (χ0) is 18.4. The summed E-state index contributed by atoms with van der Waals surface area (Å²) in [6.45, 7) is 6.08. The van der Waals surface area contributed by atoms with Gasteiger partial charge in [0.25, 0.3) is 5.91 Å². The van der Waals surface area contributed by atoms with Crippen molar-refractivity contribution in [2.75, 3.05) is 18.9 Å². The van der Waals surface area contributed by atoms with Gasteiger partial charge in [0.05, 0.1) is 0 Å².